The first-order valence-corrected chi connectivity index (χ1v) is 8.07. The van der Waals surface area contributed by atoms with Crippen LogP contribution < -0.4 is 20.1 Å². The highest BCUT2D eigenvalue weighted by atomic mass is 16.6. The summed E-state index contributed by atoms with van der Waals surface area (Å²) < 4.78 is 11.2. The van der Waals surface area contributed by atoms with Crippen molar-refractivity contribution < 1.29 is 14.3 Å². The molecule has 2 N–H and O–H groups in total. The number of aromatic nitrogens is 1. The average molecular weight is 327 g/mol. The molecule has 0 bridgehead atoms. The number of amides is 1. The Hall–Kier alpha value is -2.60. The maximum Gasteiger partial charge on any atom is 0.221 e. The third kappa shape index (κ3) is 4.45. The maximum atomic E-state index is 11.8. The van der Waals surface area contributed by atoms with Gasteiger partial charge < -0.3 is 20.1 Å². The first kappa shape index (κ1) is 16.3. The normalized spacial score (nSPS) is 12.7. The van der Waals surface area contributed by atoms with Crippen molar-refractivity contribution in [2.75, 3.05) is 19.8 Å². The first-order valence-electron chi connectivity index (χ1n) is 8.07. The monoisotopic (exact) mass is 327 g/mol. The zero-order valence-electron chi connectivity index (χ0n) is 13.5. The van der Waals surface area contributed by atoms with Crippen LogP contribution in [0.15, 0.2) is 42.7 Å². The number of carbonyl (C=O) groups excluding carboxylic acids is 1. The Morgan fingerprint density at radius 3 is 2.92 bits per heavy atom. The number of fused-ring (bicyclic) bond motifs is 1. The molecule has 1 amide bonds. The van der Waals surface area contributed by atoms with E-state index < -0.39 is 0 Å². The lowest BCUT2D eigenvalue weighted by Gasteiger charge is -2.21. The van der Waals surface area contributed by atoms with Crippen LogP contribution in [0.25, 0.3) is 0 Å². The van der Waals surface area contributed by atoms with Gasteiger partial charge in [0.2, 0.25) is 5.91 Å². The number of carbonyl (C=O) groups is 1. The molecule has 6 heteroatoms. The van der Waals surface area contributed by atoms with Crippen molar-refractivity contribution in [1.82, 2.24) is 15.6 Å². The fourth-order valence-corrected chi connectivity index (χ4v) is 2.49. The summed E-state index contributed by atoms with van der Waals surface area (Å²) in [5.41, 5.74) is 2.04. The summed E-state index contributed by atoms with van der Waals surface area (Å²) in [6.45, 7) is 2.90. The zero-order valence-corrected chi connectivity index (χ0v) is 13.5. The van der Waals surface area contributed by atoms with Crippen molar-refractivity contribution in [2.24, 2.45) is 0 Å². The SMILES string of the molecule is O=C(CCNCc1cccc2c1OCCO2)NCc1cccnc1. The highest BCUT2D eigenvalue weighted by Crippen LogP contribution is 2.33. The van der Waals surface area contributed by atoms with Gasteiger partial charge in [-0.2, -0.15) is 0 Å². The van der Waals surface area contributed by atoms with Gasteiger partial charge in [-0.25, -0.2) is 0 Å². The highest BCUT2D eigenvalue weighted by molar-refractivity contribution is 5.76. The van der Waals surface area contributed by atoms with Crippen LogP contribution in [0.3, 0.4) is 0 Å². The van der Waals surface area contributed by atoms with Gasteiger partial charge in [-0.15, -0.1) is 0 Å². The molecule has 0 unspecified atom stereocenters. The van der Waals surface area contributed by atoms with E-state index >= 15 is 0 Å². The number of hydrogen-bond donors (Lipinski definition) is 2. The number of nitrogens with one attached hydrogen (secondary N) is 2. The molecule has 0 fully saturated rings. The van der Waals surface area contributed by atoms with Crippen LogP contribution in [-0.2, 0) is 17.9 Å². The summed E-state index contributed by atoms with van der Waals surface area (Å²) in [6, 6.07) is 9.65. The first-order chi connectivity index (χ1) is 11.8. The van der Waals surface area contributed by atoms with Gasteiger partial charge in [-0.3, -0.25) is 9.78 Å². The zero-order chi connectivity index (χ0) is 16.6. The number of para-hydroxylation sites is 1. The van der Waals surface area contributed by atoms with E-state index in [1.807, 2.05) is 30.3 Å². The molecule has 2 heterocycles. The van der Waals surface area contributed by atoms with Crippen LogP contribution in [-0.4, -0.2) is 30.6 Å². The van der Waals surface area contributed by atoms with Crippen molar-refractivity contribution in [3.8, 4) is 11.5 Å². The minimum atomic E-state index is 0.0148. The highest BCUT2D eigenvalue weighted by Gasteiger charge is 2.15. The third-order valence-corrected chi connectivity index (χ3v) is 3.70. The smallest absolute Gasteiger partial charge is 0.221 e. The molecule has 0 atom stereocenters. The van der Waals surface area contributed by atoms with Gasteiger partial charge in [-0.05, 0) is 17.7 Å². The molecule has 6 nitrogen and oxygen atoms in total. The summed E-state index contributed by atoms with van der Waals surface area (Å²) in [7, 11) is 0. The van der Waals surface area contributed by atoms with E-state index in [2.05, 4.69) is 15.6 Å². The van der Waals surface area contributed by atoms with Crippen LogP contribution in [0.2, 0.25) is 0 Å². The molecule has 1 aliphatic heterocycles. The van der Waals surface area contributed by atoms with Gasteiger partial charge in [0.25, 0.3) is 0 Å². The largest absolute Gasteiger partial charge is 0.486 e. The van der Waals surface area contributed by atoms with Crippen molar-refractivity contribution in [2.45, 2.75) is 19.5 Å². The molecule has 3 rings (SSSR count). The molecule has 126 valence electrons. The van der Waals surface area contributed by atoms with Crippen molar-refractivity contribution >= 4 is 5.91 Å². The number of hydrogen-bond acceptors (Lipinski definition) is 5. The Balaban J connectivity index is 1.39. The van der Waals surface area contributed by atoms with Gasteiger partial charge in [0.15, 0.2) is 11.5 Å². The quantitative estimate of drug-likeness (QED) is 0.757. The average Bonchev–Trinajstić information content (AvgIpc) is 2.64. The molecular formula is C18H21N3O3. The Morgan fingerprint density at radius 2 is 2.04 bits per heavy atom. The van der Waals surface area contributed by atoms with Crippen molar-refractivity contribution in [3.05, 3.63) is 53.9 Å². The minimum Gasteiger partial charge on any atom is -0.486 e. The maximum absolute atomic E-state index is 11.8. The predicted molar refractivity (Wildman–Crippen MR) is 89.8 cm³/mol. The number of ether oxygens (including phenoxy) is 2. The van der Waals surface area contributed by atoms with Crippen LogP contribution in [0.1, 0.15) is 17.5 Å². The number of rotatable bonds is 7. The van der Waals surface area contributed by atoms with Gasteiger partial charge in [-0.1, -0.05) is 18.2 Å². The minimum absolute atomic E-state index is 0.0148. The number of pyridine rings is 1. The lowest BCUT2D eigenvalue weighted by molar-refractivity contribution is -0.121. The topological polar surface area (TPSA) is 72.5 Å². The summed E-state index contributed by atoms with van der Waals surface area (Å²) in [5, 5.41) is 6.16. The second-order valence-corrected chi connectivity index (χ2v) is 5.51. The van der Waals surface area contributed by atoms with Crippen LogP contribution in [0, 0.1) is 0 Å². The van der Waals surface area contributed by atoms with E-state index in [0.717, 1.165) is 22.6 Å². The third-order valence-electron chi connectivity index (χ3n) is 3.70. The fraction of sp³-hybridized carbons (Fsp3) is 0.333. The molecule has 2 aromatic rings. The predicted octanol–water partition coefficient (Wildman–Crippen LogP) is 1.65. The Morgan fingerprint density at radius 1 is 1.12 bits per heavy atom. The Labute approximate surface area is 141 Å². The Kier molecular flexibility index (Phi) is 5.63. The van der Waals surface area contributed by atoms with Crippen LogP contribution in [0.4, 0.5) is 0 Å². The second kappa shape index (κ2) is 8.31. The standard InChI is InChI=1S/C18H21N3O3/c22-17(21-12-14-3-2-7-19-11-14)6-8-20-13-15-4-1-5-16-18(15)24-10-9-23-16/h1-5,7,11,20H,6,8-10,12-13H2,(H,21,22). The van der Waals surface area contributed by atoms with Crippen molar-refractivity contribution in [3.63, 3.8) is 0 Å². The second-order valence-electron chi connectivity index (χ2n) is 5.51. The lowest BCUT2D eigenvalue weighted by Crippen LogP contribution is -2.27. The van der Waals surface area contributed by atoms with Crippen molar-refractivity contribution in [1.29, 1.82) is 0 Å². The molecular weight excluding hydrogens is 306 g/mol. The van der Waals surface area contributed by atoms with Gasteiger partial charge in [0.05, 0.1) is 0 Å². The van der Waals surface area contributed by atoms with Gasteiger partial charge >= 0.3 is 0 Å². The molecule has 24 heavy (non-hydrogen) atoms. The molecule has 0 saturated heterocycles. The number of benzene rings is 1. The molecule has 1 aromatic heterocycles. The van der Waals surface area contributed by atoms with E-state index in [1.165, 1.54) is 0 Å². The summed E-state index contributed by atoms with van der Waals surface area (Å²) in [4.78, 5) is 15.9. The molecule has 0 radical (unpaired) electrons. The van der Waals surface area contributed by atoms with Crippen LogP contribution >= 0.6 is 0 Å². The van der Waals surface area contributed by atoms with E-state index in [0.29, 0.717) is 39.3 Å². The summed E-state index contributed by atoms with van der Waals surface area (Å²) in [5.74, 6) is 1.60. The summed E-state index contributed by atoms with van der Waals surface area (Å²) >= 11 is 0. The molecule has 0 aliphatic carbocycles. The molecule has 1 aliphatic rings. The van der Waals surface area contributed by atoms with Gasteiger partial charge in [0.1, 0.15) is 13.2 Å². The summed E-state index contributed by atoms with van der Waals surface area (Å²) in [6.07, 6.45) is 3.89. The number of nitrogens with zero attached hydrogens (tertiary/aromatic N) is 1. The molecule has 0 saturated carbocycles. The van der Waals surface area contributed by atoms with E-state index in [1.54, 1.807) is 12.4 Å². The van der Waals surface area contributed by atoms with E-state index in [-0.39, 0.29) is 5.91 Å². The molecule has 1 aromatic carbocycles. The lowest BCUT2D eigenvalue weighted by atomic mass is 10.1. The van der Waals surface area contributed by atoms with Crippen LogP contribution in [0.5, 0.6) is 11.5 Å². The van der Waals surface area contributed by atoms with Gasteiger partial charge in [0, 0.05) is 44.0 Å². The Bertz CT molecular complexity index is 676. The van der Waals surface area contributed by atoms with E-state index in [4.69, 9.17) is 9.47 Å². The fourth-order valence-electron chi connectivity index (χ4n) is 2.49. The van der Waals surface area contributed by atoms with E-state index in [9.17, 15) is 4.79 Å². The molecule has 0 spiro atoms.